The Hall–Kier alpha value is -3.73. The summed E-state index contributed by atoms with van der Waals surface area (Å²) in [6, 6.07) is 7.91. The van der Waals surface area contributed by atoms with Crippen LogP contribution in [0.3, 0.4) is 0 Å². The monoisotopic (exact) mass is 429 g/mol. The van der Waals surface area contributed by atoms with Gasteiger partial charge in [-0.3, -0.25) is 10.1 Å². The minimum absolute atomic E-state index is 0.0601. The van der Waals surface area contributed by atoms with Crippen molar-refractivity contribution in [3.05, 3.63) is 54.1 Å². The van der Waals surface area contributed by atoms with Gasteiger partial charge in [0.25, 0.3) is 5.91 Å². The Labute approximate surface area is 188 Å². The average Bonchev–Trinajstić information content (AvgIpc) is 2.79. The molecular formula is C24H27N7O. The number of nitriles is 1. The number of allylic oxidation sites excluding steroid dienone is 3. The van der Waals surface area contributed by atoms with E-state index in [1.807, 2.05) is 61.7 Å². The first kappa shape index (κ1) is 21.5. The molecule has 0 saturated carbocycles. The molecule has 0 spiro atoms. The number of amides is 1. The number of carbonyl (C=O) groups excluding carboxylic acids is 1. The number of nitrogens with zero attached hydrogens (tertiary/aromatic N) is 6. The first-order valence-electron chi connectivity index (χ1n) is 10.8. The maximum Gasteiger partial charge on any atom is 0.261 e. The number of guanidine groups is 2. The summed E-state index contributed by atoms with van der Waals surface area (Å²) < 4.78 is 0. The average molecular weight is 430 g/mol. The molecule has 0 bridgehead atoms. The van der Waals surface area contributed by atoms with E-state index < -0.39 is 0 Å². The van der Waals surface area contributed by atoms with Crippen molar-refractivity contribution < 1.29 is 4.79 Å². The Balaban J connectivity index is 1.60. The van der Waals surface area contributed by atoms with Crippen molar-refractivity contribution in [3.63, 3.8) is 0 Å². The highest BCUT2D eigenvalue weighted by Gasteiger charge is 2.35. The van der Waals surface area contributed by atoms with Crippen LogP contribution in [-0.2, 0) is 4.79 Å². The highest BCUT2D eigenvalue weighted by molar-refractivity contribution is 6.21. The number of nitrogens with one attached hydrogen (secondary N) is 1. The zero-order chi connectivity index (χ0) is 22.7. The second kappa shape index (κ2) is 9.18. The quantitative estimate of drug-likeness (QED) is 0.338. The van der Waals surface area contributed by atoms with Gasteiger partial charge in [0.1, 0.15) is 5.92 Å². The Kier molecular flexibility index (Phi) is 6.17. The van der Waals surface area contributed by atoms with Gasteiger partial charge in [-0.15, -0.1) is 0 Å². The van der Waals surface area contributed by atoms with Crippen LogP contribution in [0.15, 0.2) is 63.5 Å². The number of carbonyl (C=O) groups is 1. The first-order chi connectivity index (χ1) is 15.5. The summed E-state index contributed by atoms with van der Waals surface area (Å²) in [4.78, 5) is 30.5. The molecule has 3 aliphatic rings. The van der Waals surface area contributed by atoms with Gasteiger partial charge in [0.2, 0.25) is 11.9 Å². The van der Waals surface area contributed by atoms with Crippen molar-refractivity contribution in [2.75, 3.05) is 19.6 Å². The van der Waals surface area contributed by atoms with Gasteiger partial charge >= 0.3 is 0 Å². The van der Waals surface area contributed by atoms with Crippen LogP contribution >= 0.6 is 0 Å². The molecule has 2 heterocycles. The molecule has 2 aliphatic heterocycles. The number of aliphatic imine (C=N–C) groups is 3. The van der Waals surface area contributed by atoms with Crippen molar-refractivity contribution in [2.45, 2.75) is 26.8 Å². The topological polar surface area (TPSA) is 96.5 Å². The lowest BCUT2D eigenvalue weighted by Crippen LogP contribution is -2.60. The zero-order valence-corrected chi connectivity index (χ0v) is 18.6. The van der Waals surface area contributed by atoms with E-state index >= 15 is 0 Å². The van der Waals surface area contributed by atoms with Gasteiger partial charge in [0, 0.05) is 19.6 Å². The fourth-order valence-corrected chi connectivity index (χ4v) is 4.14. The third-order valence-corrected chi connectivity index (χ3v) is 5.96. The van der Waals surface area contributed by atoms with E-state index in [4.69, 9.17) is 4.99 Å². The molecule has 0 radical (unpaired) electrons. The molecule has 164 valence electrons. The standard InChI is InChI=1S/C24H27N7O/c1-16(2)21-14-30(24-28-20-11-7-5-9-18(20)22(32)29-24)12-13-31(21)23(26-15-25)27-19-10-6-4-8-17(19)3/h4-11,16,18,21H,12-14H2,1-3H3,(H,26,27). The Morgan fingerprint density at radius 3 is 2.81 bits per heavy atom. The van der Waals surface area contributed by atoms with Crippen molar-refractivity contribution in [1.29, 1.82) is 5.26 Å². The fraction of sp³-hybridized carbons (Fsp3) is 0.375. The predicted octanol–water partition coefficient (Wildman–Crippen LogP) is 2.77. The van der Waals surface area contributed by atoms with Crippen LogP contribution < -0.4 is 5.32 Å². The van der Waals surface area contributed by atoms with E-state index in [9.17, 15) is 10.1 Å². The SMILES string of the molecule is Cc1ccccc1N=C(NC#N)N1CCN(C2=NC(=O)C3C=CC=CC3=N2)CC1C(C)C. The normalized spacial score (nSPS) is 23.0. The van der Waals surface area contributed by atoms with Crippen molar-refractivity contribution in [1.82, 2.24) is 15.1 Å². The molecule has 8 heteroatoms. The maximum atomic E-state index is 12.5. The van der Waals surface area contributed by atoms with Crippen LogP contribution in [0.25, 0.3) is 0 Å². The summed E-state index contributed by atoms with van der Waals surface area (Å²) in [6.07, 6.45) is 9.48. The number of hydrogen-bond acceptors (Lipinski definition) is 5. The molecule has 1 N–H and O–H groups in total. The van der Waals surface area contributed by atoms with Crippen LogP contribution in [0, 0.1) is 30.2 Å². The van der Waals surface area contributed by atoms with Gasteiger partial charge < -0.3 is 9.80 Å². The number of hydrogen-bond donors (Lipinski definition) is 1. The Morgan fingerprint density at radius 1 is 1.25 bits per heavy atom. The van der Waals surface area contributed by atoms with Gasteiger partial charge in [-0.1, -0.05) is 50.3 Å². The lowest BCUT2D eigenvalue weighted by Gasteiger charge is -2.44. The highest BCUT2D eigenvalue weighted by Crippen LogP contribution is 2.24. The van der Waals surface area contributed by atoms with Gasteiger partial charge in [-0.25, -0.2) is 9.98 Å². The number of aryl methyl sites for hydroxylation is 1. The van der Waals surface area contributed by atoms with E-state index in [0.29, 0.717) is 31.6 Å². The fourth-order valence-electron chi connectivity index (χ4n) is 4.14. The molecule has 1 fully saturated rings. The third-order valence-electron chi connectivity index (χ3n) is 5.96. The predicted molar refractivity (Wildman–Crippen MR) is 126 cm³/mol. The summed E-state index contributed by atoms with van der Waals surface area (Å²) in [5.41, 5.74) is 2.60. The molecule has 1 amide bonds. The van der Waals surface area contributed by atoms with E-state index in [-0.39, 0.29) is 23.8 Å². The van der Waals surface area contributed by atoms with E-state index in [2.05, 4.69) is 38.9 Å². The summed E-state index contributed by atoms with van der Waals surface area (Å²) in [6.45, 7) is 8.16. The Bertz CT molecular complexity index is 1090. The third kappa shape index (κ3) is 4.33. The van der Waals surface area contributed by atoms with Gasteiger partial charge in [0.05, 0.1) is 17.4 Å². The molecule has 1 saturated heterocycles. The lowest BCUT2D eigenvalue weighted by molar-refractivity contribution is -0.118. The zero-order valence-electron chi connectivity index (χ0n) is 18.6. The molecule has 2 atom stereocenters. The van der Waals surface area contributed by atoms with Gasteiger partial charge in [-0.2, -0.15) is 10.3 Å². The molecular weight excluding hydrogens is 402 g/mol. The van der Waals surface area contributed by atoms with Crippen LogP contribution in [0.5, 0.6) is 0 Å². The minimum atomic E-state index is -0.376. The van der Waals surface area contributed by atoms with Gasteiger partial charge in [0.15, 0.2) is 6.19 Å². The van der Waals surface area contributed by atoms with Crippen molar-refractivity contribution in [2.24, 2.45) is 26.8 Å². The second-order valence-electron chi connectivity index (χ2n) is 8.42. The number of benzene rings is 1. The molecule has 2 unspecified atom stereocenters. The van der Waals surface area contributed by atoms with Crippen molar-refractivity contribution >= 4 is 29.2 Å². The number of rotatable bonds is 2. The summed E-state index contributed by atoms with van der Waals surface area (Å²) in [5, 5.41) is 12.2. The molecule has 4 rings (SSSR count). The Morgan fingerprint density at radius 2 is 2.06 bits per heavy atom. The van der Waals surface area contributed by atoms with Crippen LogP contribution in [0.2, 0.25) is 0 Å². The van der Waals surface area contributed by atoms with Gasteiger partial charge in [-0.05, 0) is 30.5 Å². The van der Waals surface area contributed by atoms with E-state index in [1.165, 1.54) is 0 Å². The molecule has 1 aromatic carbocycles. The molecule has 1 aliphatic carbocycles. The number of piperazine rings is 1. The number of para-hydroxylation sites is 1. The van der Waals surface area contributed by atoms with E-state index in [1.54, 1.807) is 0 Å². The maximum absolute atomic E-state index is 12.5. The van der Waals surface area contributed by atoms with Crippen molar-refractivity contribution in [3.8, 4) is 6.19 Å². The second-order valence-corrected chi connectivity index (χ2v) is 8.42. The largest absolute Gasteiger partial charge is 0.337 e. The smallest absolute Gasteiger partial charge is 0.261 e. The first-order valence-corrected chi connectivity index (χ1v) is 10.8. The lowest BCUT2D eigenvalue weighted by atomic mass is 9.96. The molecule has 0 aromatic heterocycles. The summed E-state index contributed by atoms with van der Waals surface area (Å²) in [7, 11) is 0. The van der Waals surface area contributed by atoms with Crippen LogP contribution in [-0.4, -0.2) is 59.0 Å². The summed E-state index contributed by atoms with van der Waals surface area (Å²) >= 11 is 0. The van der Waals surface area contributed by atoms with Crippen LogP contribution in [0.1, 0.15) is 19.4 Å². The molecule has 32 heavy (non-hydrogen) atoms. The molecule has 8 nitrogen and oxygen atoms in total. The number of fused-ring (bicyclic) bond motifs is 1. The highest BCUT2D eigenvalue weighted by atomic mass is 16.1. The van der Waals surface area contributed by atoms with E-state index in [0.717, 1.165) is 17.0 Å². The summed E-state index contributed by atoms with van der Waals surface area (Å²) in [5.74, 6) is 0.726. The van der Waals surface area contributed by atoms with Crippen LogP contribution in [0.4, 0.5) is 5.69 Å². The minimum Gasteiger partial charge on any atom is -0.337 e. The molecule has 1 aromatic rings.